The molecule has 0 saturated carbocycles. The number of aromatic nitrogens is 1. The van der Waals surface area contributed by atoms with E-state index in [1.165, 1.54) is 22.1 Å². The second kappa shape index (κ2) is 7.42. The molecule has 25 heavy (non-hydrogen) atoms. The van der Waals surface area contributed by atoms with Crippen LogP contribution < -0.4 is 5.32 Å². The SMILES string of the molecule is Brc1ccc(C=CCC2CC(c3ccccc3)=CCN2)c2cc[nH]c12. The van der Waals surface area contributed by atoms with Gasteiger partial charge in [0.2, 0.25) is 0 Å². The van der Waals surface area contributed by atoms with Gasteiger partial charge in [-0.05, 0) is 57.6 Å². The standard InChI is InChI=1S/C22H21BrN2/c23-21-10-9-17(20-12-14-25-22(20)21)7-4-8-19-15-18(11-13-24-19)16-5-2-1-3-6-16/h1-7,9-12,14,19,24-25H,8,13,15H2. The first-order valence-corrected chi connectivity index (χ1v) is 9.50. The van der Waals surface area contributed by atoms with Gasteiger partial charge in [-0.3, -0.25) is 0 Å². The van der Waals surface area contributed by atoms with E-state index >= 15 is 0 Å². The van der Waals surface area contributed by atoms with E-state index in [9.17, 15) is 0 Å². The molecule has 0 aliphatic carbocycles. The summed E-state index contributed by atoms with van der Waals surface area (Å²) in [5.41, 5.74) is 5.22. The maximum atomic E-state index is 3.61. The van der Waals surface area contributed by atoms with E-state index in [-0.39, 0.29) is 0 Å². The van der Waals surface area contributed by atoms with E-state index in [2.05, 4.69) is 93.0 Å². The van der Waals surface area contributed by atoms with Crippen LogP contribution in [0.1, 0.15) is 24.0 Å². The Morgan fingerprint density at radius 3 is 2.84 bits per heavy atom. The summed E-state index contributed by atoms with van der Waals surface area (Å²) >= 11 is 3.60. The molecule has 0 saturated heterocycles. The van der Waals surface area contributed by atoms with E-state index < -0.39 is 0 Å². The number of hydrogen-bond donors (Lipinski definition) is 2. The molecule has 2 nitrogen and oxygen atoms in total. The molecule has 126 valence electrons. The number of benzene rings is 2. The fraction of sp³-hybridized carbons (Fsp3) is 0.182. The molecule has 3 aromatic rings. The van der Waals surface area contributed by atoms with Gasteiger partial charge in [-0.25, -0.2) is 0 Å². The lowest BCUT2D eigenvalue weighted by atomic mass is 9.93. The Morgan fingerprint density at radius 2 is 1.96 bits per heavy atom. The van der Waals surface area contributed by atoms with Crippen molar-refractivity contribution in [3.8, 4) is 0 Å². The van der Waals surface area contributed by atoms with Crippen molar-refractivity contribution in [2.75, 3.05) is 6.54 Å². The number of aromatic amines is 1. The lowest BCUT2D eigenvalue weighted by Crippen LogP contribution is -2.32. The second-order valence-corrected chi connectivity index (χ2v) is 7.30. The molecular weight excluding hydrogens is 372 g/mol. The van der Waals surface area contributed by atoms with Gasteiger partial charge in [0.25, 0.3) is 0 Å². The molecule has 3 heteroatoms. The van der Waals surface area contributed by atoms with Gasteiger partial charge in [0.1, 0.15) is 0 Å². The average molecular weight is 393 g/mol. The highest BCUT2D eigenvalue weighted by atomic mass is 79.9. The maximum absolute atomic E-state index is 3.61. The third kappa shape index (κ3) is 3.63. The lowest BCUT2D eigenvalue weighted by Gasteiger charge is -2.23. The summed E-state index contributed by atoms with van der Waals surface area (Å²) in [4.78, 5) is 3.29. The Hall–Kier alpha value is -2.10. The van der Waals surface area contributed by atoms with Crippen LogP contribution >= 0.6 is 15.9 Å². The zero-order chi connectivity index (χ0) is 17.1. The Morgan fingerprint density at radius 1 is 1.08 bits per heavy atom. The Balaban J connectivity index is 1.44. The molecule has 4 rings (SSSR count). The van der Waals surface area contributed by atoms with Gasteiger partial charge in [-0.15, -0.1) is 0 Å². The molecule has 0 amide bonds. The first-order valence-electron chi connectivity index (χ1n) is 8.71. The van der Waals surface area contributed by atoms with Crippen LogP contribution in [-0.2, 0) is 0 Å². The molecule has 1 unspecified atom stereocenters. The highest BCUT2D eigenvalue weighted by Crippen LogP contribution is 2.27. The molecular formula is C22H21BrN2. The van der Waals surface area contributed by atoms with E-state index in [0.29, 0.717) is 6.04 Å². The summed E-state index contributed by atoms with van der Waals surface area (Å²) < 4.78 is 1.11. The molecule has 0 fully saturated rings. The van der Waals surface area contributed by atoms with E-state index in [1.54, 1.807) is 0 Å². The highest BCUT2D eigenvalue weighted by Gasteiger charge is 2.14. The Bertz CT molecular complexity index is 922. The van der Waals surface area contributed by atoms with Gasteiger partial charge in [-0.1, -0.05) is 54.6 Å². The minimum Gasteiger partial charge on any atom is -0.360 e. The molecule has 1 aliphatic heterocycles. The Labute approximate surface area is 156 Å². The predicted octanol–water partition coefficient (Wildman–Crippen LogP) is 5.78. The predicted molar refractivity (Wildman–Crippen MR) is 110 cm³/mol. The molecule has 0 bridgehead atoms. The summed E-state index contributed by atoms with van der Waals surface area (Å²) in [7, 11) is 0. The normalized spacial score (nSPS) is 18.0. The van der Waals surface area contributed by atoms with E-state index in [1.807, 2.05) is 6.20 Å². The van der Waals surface area contributed by atoms with Crippen LogP contribution in [0.3, 0.4) is 0 Å². The monoisotopic (exact) mass is 392 g/mol. The van der Waals surface area contributed by atoms with Crippen molar-refractivity contribution in [1.29, 1.82) is 0 Å². The molecule has 1 aromatic heterocycles. The molecule has 1 aliphatic rings. The highest BCUT2D eigenvalue weighted by molar-refractivity contribution is 9.10. The third-order valence-corrected chi connectivity index (χ3v) is 5.45. The fourth-order valence-corrected chi connectivity index (χ4v) is 3.93. The summed E-state index contributed by atoms with van der Waals surface area (Å²) in [6.45, 7) is 0.947. The van der Waals surface area contributed by atoms with Crippen LogP contribution in [0, 0.1) is 0 Å². The molecule has 1 atom stereocenters. The number of hydrogen-bond acceptors (Lipinski definition) is 1. The second-order valence-electron chi connectivity index (χ2n) is 6.45. The van der Waals surface area contributed by atoms with Crippen molar-refractivity contribution in [1.82, 2.24) is 10.3 Å². The average Bonchev–Trinajstić information content (AvgIpc) is 3.16. The molecule has 2 N–H and O–H groups in total. The van der Waals surface area contributed by atoms with Crippen molar-refractivity contribution >= 4 is 38.5 Å². The van der Waals surface area contributed by atoms with Crippen LogP contribution in [0.5, 0.6) is 0 Å². The molecule has 0 radical (unpaired) electrons. The quantitative estimate of drug-likeness (QED) is 0.578. The topological polar surface area (TPSA) is 27.8 Å². The number of rotatable bonds is 4. The zero-order valence-electron chi connectivity index (χ0n) is 14.0. The van der Waals surface area contributed by atoms with Gasteiger partial charge in [0.15, 0.2) is 0 Å². The van der Waals surface area contributed by atoms with Crippen molar-refractivity contribution in [3.05, 3.63) is 82.5 Å². The van der Waals surface area contributed by atoms with Gasteiger partial charge in [0, 0.05) is 28.6 Å². The number of nitrogens with one attached hydrogen (secondary N) is 2. The maximum Gasteiger partial charge on any atom is 0.0604 e. The summed E-state index contributed by atoms with van der Waals surface area (Å²) in [6, 6.07) is 17.6. The summed E-state index contributed by atoms with van der Waals surface area (Å²) in [5, 5.41) is 4.86. The van der Waals surface area contributed by atoms with Gasteiger partial charge >= 0.3 is 0 Å². The summed E-state index contributed by atoms with van der Waals surface area (Å²) in [5.74, 6) is 0. The summed E-state index contributed by atoms with van der Waals surface area (Å²) in [6.07, 6.45) is 11.0. The molecule has 0 spiro atoms. The largest absolute Gasteiger partial charge is 0.360 e. The third-order valence-electron chi connectivity index (χ3n) is 4.79. The van der Waals surface area contributed by atoms with Crippen LogP contribution in [-0.4, -0.2) is 17.6 Å². The number of fused-ring (bicyclic) bond motifs is 1. The minimum absolute atomic E-state index is 0.494. The molecule has 2 aromatic carbocycles. The van der Waals surface area contributed by atoms with Crippen LogP contribution in [0.15, 0.2) is 71.4 Å². The number of H-pyrrole nitrogens is 1. The van der Waals surface area contributed by atoms with Gasteiger partial charge in [0.05, 0.1) is 5.52 Å². The first-order chi connectivity index (χ1) is 12.3. The van der Waals surface area contributed by atoms with E-state index in [0.717, 1.165) is 29.4 Å². The van der Waals surface area contributed by atoms with Gasteiger partial charge < -0.3 is 10.3 Å². The van der Waals surface area contributed by atoms with Crippen LogP contribution in [0.25, 0.3) is 22.6 Å². The van der Waals surface area contributed by atoms with Crippen molar-refractivity contribution < 1.29 is 0 Å². The Kier molecular flexibility index (Phi) is 4.86. The van der Waals surface area contributed by atoms with Crippen LogP contribution in [0.4, 0.5) is 0 Å². The van der Waals surface area contributed by atoms with Crippen molar-refractivity contribution in [3.63, 3.8) is 0 Å². The van der Waals surface area contributed by atoms with E-state index in [4.69, 9.17) is 0 Å². The van der Waals surface area contributed by atoms with Crippen molar-refractivity contribution in [2.45, 2.75) is 18.9 Å². The fourth-order valence-electron chi connectivity index (χ4n) is 3.47. The van der Waals surface area contributed by atoms with Gasteiger partial charge in [-0.2, -0.15) is 0 Å². The zero-order valence-corrected chi connectivity index (χ0v) is 15.6. The lowest BCUT2D eigenvalue weighted by molar-refractivity contribution is 0.542. The first kappa shape index (κ1) is 16.4. The van der Waals surface area contributed by atoms with Crippen LogP contribution in [0.2, 0.25) is 0 Å². The van der Waals surface area contributed by atoms with Crippen molar-refractivity contribution in [2.24, 2.45) is 0 Å². The smallest absolute Gasteiger partial charge is 0.0604 e. The number of halogens is 1. The minimum atomic E-state index is 0.494. The molecule has 2 heterocycles.